The van der Waals surface area contributed by atoms with Crippen LogP contribution in [0.15, 0.2) is 53.4 Å². The van der Waals surface area contributed by atoms with Crippen LogP contribution in [0.1, 0.15) is 19.4 Å². The molecular formula is C22H25N3O3S2. The smallest absolute Gasteiger partial charge is 0.227 e. The molecule has 1 aliphatic rings. The zero-order valence-corrected chi connectivity index (χ0v) is 18.7. The van der Waals surface area contributed by atoms with Crippen molar-refractivity contribution in [2.24, 2.45) is 0 Å². The number of aromatic nitrogens is 1. The van der Waals surface area contributed by atoms with Gasteiger partial charge in [0.15, 0.2) is 15.0 Å². The van der Waals surface area contributed by atoms with Crippen LogP contribution in [0, 0.1) is 0 Å². The van der Waals surface area contributed by atoms with Crippen LogP contribution < -0.4 is 4.90 Å². The normalized spacial score (nSPS) is 15.2. The molecule has 30 heavy (non-hydrogen) atoms. The zero-order valence-electron chi connectivity index (χ0n) is 17.1. The number of anilines is 1. The minimum absolute atomic E-state index is 0.0680. The molecule has 1 fully saturated rings. The van der Waals surface area contributed by atoms with E-state index in [1.807, 2.05) is 23.1 Å². The lowest BCUT2D eigenvalue weighted by Gasteiger charge is -2.34. The van der Waals surface area contributed by atoms with Crippen molar-refractivity contribution in [3.05, 3.63) is 54.1 Å². The number of nitrogens with zero attached hydrogens (tertiary/aromatic N) is 3. The van der Waals surface area contributed by atoms with E-state index in [1.165, 1.54) is 4.70 Å². The van der Waals surface area contributed by atoms with Gasteiger partial charge in [0.1, 0.15) is 0 Å². The largest absolute Gasteiger partial charge is 0.345 e. The van der Waals surface area contributed by atoms with Gasteiger partial charge in [-0.15, -0.1) is 0 Å². The molecule has 1 aromatic heterocycles. The van der Waals surface area contributed by atoms with E-state index < -0.39 is 15.1 Å². The molecule has 2 aromatic carbocycles. The number of para-hydroxylation sites is 1. The van der Waals surface area contributed by atoms with Crippen molar-refractivity contribution in [3.63, 3.8) is 0 Å². The van der Waals surface area contributed by atoms with Crippen LogP contribution in [0.25, 0.3) is 10.2 Å². The van der Waals surface area contributed by atoms with Crippen molar-refractivity contribution in [2.75, 3.05) is 31.1 Å². The molecule has 0 bridgehead atoms. The van der Waals surface area contributed by atoms with E-state index in [2.05, 4.69) is 11.0 Å². The van der Waals surface area contributed by atoms with Crippen molar-refractivity contribution in [1.29, 1.82) is 0 Å². The topological polar surface area (TPSA) is 70.6 Å². The highest BCUT2D eigenvalue weighted by molar-refractivity contribution is 7.92. The maximum Gasteiger partial charge on any atom is 0.227 e. The molecule has 1 saturated heterocycles. The third kappa shape index (κ3) is 4.20. The molecule has 0 aliphatic carbocycles. The number of rotatable bonds is 5. The van der Waals surface area contributed by atoms with Gasteiger partial charge in [-0.05, 0) is 43.7 Å². The quantitative estimate of drug-likeness (QED) is 0.605. The highest BCUT2D eigenvalue weighted by Gasteiger charge is 2.24. The van der Waals surface area contributed by atoms with Crippen molar-refractivity contribution >= 4 is 42.4 Å². The maximum absolute atomic E-state index is 12.7. The number of piperazine rings is 1. The lowest BCUT2D eigenvalue weighted by molar-refractivity contribution is -0.130. The number of hydrogen-bond acceptors (Lipinski definition) is 6. The molecule has 0 N–H and O–H groups in total. The van der Waals surface area contributed by atoms with Gasteiger partial charge < -0.3 is 9.80 Å². The Morgan fingerprint density at radius 2 is 1.70 bits per heavy atom. The van der Waals surface area contributed by atoms with Gasteiger partial charge in [-0.1, -0.05) is 35.6 Å². The lowest BCUT2D eigenvalue weighted by atomic mass is 10.1. The fraction of sp³-hybridized carbons (Fsp3) is 0.364. The summed E-state index contributed by atoms with van der Waals surface area (Å²) in [5.41, 5.74) is 1.84. The molecule has 0 spiro atoms. The molecule has 3 aromatic rings. The first-order valence-electron chi connectivity index (χ1n) is 10.1. The molecule has 2 heterocycles. The third-order valence-electron chi connectivity index (χ3n) is 5.41. The Balaban J connectivity index is 1.35. The van der Waals surface area contributed by atoms with Gasteiger partial charge in [-0.2, -0.15) is 0 Å². The van der Waals surface area contributed by atoms with Gasteiger partial charge in [-0.25, -0.2) is 13.4 Å². The summed E-state index contributed by atoms with van der Waals surface area (Å²) < 4.78 is 25.6. The molecule has 8 heteroatoms. The Labute approximate surface area is 181 Å². The van der Waals surface area contributed by atoms with Crippen LogP contribution in [-0.2, 0) is 21.1 Å². The third-order valence-corrected chi connectivity index (χ3v) is 8.68. The Kier molecular flexibility index (Phi) is 5.79. The second-order valence-electron chi connectivity index (χ2n) is 7.75. The second-order valence-corrected chi connectivity index (χ2v) is 11.3. The highest BCUT2D eigenvalue weighted by atomic mass is 32.2. The fourth-order valence-electron chi connectivity index (χ4n) is 3.50. The summed E-state index contributed by atoms with van der Waals surface area (Å²) in [6.45, 7) is 6.18. The average molecular weight is 444 g/mol. The van der Waals surface area contributed by atoms with Crippen molar-refractivity contribution < 1.29 is 13.2 Å². The summed E-state index contributed by atoms with van der Waals surface area (Å²) in [6.07, 6.45) is 0.281. The number of carbonyl (C=O) groups is 1. The highest BCUT2D eigenvalue weighted by Crippen LogP contribution is 2.29. The van der Waals surface area contributed by atoms with Crippen LogP contribution in [-0.4, -0.2) is 55.6 Å². The number of thiazole rings is 1. The van der Waals surface area contributed by atoms with Gasteiger partial charge in [0.05, 0.1) is 26.8 Å². The summed E-state index contributed by atoms with van der Waals surface area (Å²) in [4.78, 5) is 21.8. The molecular weight excluding hydrogens is 418 g/mol. The summed E-state index contributed by atoms with van der Waals surface area (Å²) in [5.74, 6) is 0.0680. The molecule has 0 atom stereocenters. The summed E-state index contributed by atoms with van der Waals surface area (Å²) in [7, 11) is -3.29. The molecule has 0 radical (unpaired) electrons. The molecule has 158 valence electrons. The predicted octanol–water partition coefficient (Wildman–Crippen LogP) is 3.37. The number of benzene rings is 2. The van der Waals surface area contributed by atoms with Crippen LogP contribution >= 0.6 is 11.3 Å². The van der Waals surface area contributed by atoms with E-state index >= 15 is 0 Å². The number of fused-ring (bicyclic) bond motifs is 1. The number of hydrogen-bond donors (Lipinski definition) is 0. The standard InChI is InChI=1S/C22H25N3O3S2/c1-16(2)30(27,28)18-9-7-17(8-10-18)15-21(26)24-11-13-25(14-12-24)22-23-19-5-3-4-6-20(19)29-22/h3-10,16H,11-15H2,1-2H3. The first-order chi connectivity index (χ1) is 14.3. The van der Waals surface area contributed by atoms with Crippen LogP contribution in [0.4, 0.5) is 5.13 Å². The van der Waals surface area contributed by atoms with E-state index in [0.29, 0.717) is 18.0 Å². The van der Waals surface area contributed by atoms with Gasteiger partial charge in [0, 0.05) is 26.2 Å². The van der Waals surface area contributed by atoms with E-state index in [9.17, 15) is 13.2 Å². The molecule has 1 aliphatic heterocycles. The number of carbonyl (C=O) groups excluding carboxylic acids is 1. The van der Waals surface area contributed by atoms with E-state index in [0.717, 1.165) is 29.3 Å². The Hall–Kier alpha value is -2.45. The zero-order chi connectivity index (χ0) is 21.3. The Morgan fingerprint density at radius 1 is 1.03 bits per heavy atom. The van der Waals surface area contributed by atoms with Gasteiger partial charge >= 0.3 is 0 Å². The Morgan fingerprint density at radius 3 is 2.33 bits per heavy atom. The summed E-state index contributed by atoms with van der Waals surface area (Å²) in [5, 5.41) is 0.543. The van der Waals surface area contributed by atoms with E-state index in [-0.39, 0.29) is 12.3 Å². The molecule has 6 nitrogen and oxygen atoms in total. The number of sulfone groups is 1. The minimum atomic E-state index is -3.29. The Bertz CT molecular complexity index is 1110. The summed E-state index contributed by atoms with van der Waals surface area (Å²) in [6, 6.07) is 14.8. The number of amides is 1. The first kappa shape index (κ1) is 20.8. The second kappa shape index (κ2) is 8.35. The van der Waals surface area contributed by atoms with Gasteiger partial charge in [-0.3, -0.25) is 4.79 Å². The fourth-order valence-corrected chi connectivity index (χ4v) is 5.58. The van der Waals surface area contributed by atoms with Gasteiger partial charge in [0.25, 0.3) is 0 Å². The SMILES string of the molecule is CC(C)S(=O)(=O)c1ccc(CC(=O)N2CCN(c3nc4ccccc4s3)CC2)cc1. The minimum Gasteiger partial charge on any atom is -0.345 e. The van der Waals surface area contributed by atoms with Crippen LogP contribution in [0.3, 0.4) is 0 Å². The monoisotopic (exact) mass is 443 g/mol. The van der Waals surface area contributed by atoms with E-state index in [1.54, 1.807) is 49.4 Å². The van der Waals surface area contributed by atoms with Crippen LogP contribution in [0.2, 0.25) is 0 Å². The molecule has 1 amide bonds. The predicted molar refractivity (Wildman–Crippen MR) is 121 cm³/mol. The molecule has 0 saturated carbocycles. The van der Waals surface area contributed by atoms with Crippen LogP contribution in [0.5, 0.6) is 0 Å². The van der Waals surface area contributed by atoms with Crippen molar-refractivity contribution in [1.82, 2.24) is 9.88 Å². The summed E-state index contributed by atoms with van der Waals surface area (Å²) >= 11 is 1.68. The van der Waals surface area contributed by atoms with Crippen molar-refractivity contribution in [2.45, 2.75) is 30.4 Å². The molecule has 0 unspecified atom stereocenters. The van der Waals surface area contributed by atoms with E-state index in [4.69, 9.17) is 4.98 Å². The maximum atomic E-state index is 12.7. The van der Waals surface area contributed by atoms with Gasteiger partial charge in [0.2, 0.25) is 5.91 Å². The van der Waals surface area contributed by atoms with Crippen molar-refractivity contribution in [3.8, 4) is 0 Å². The molecule has 4 rings (SSSR count). The lowest BCUT2D eigenvalue weighted by Crippen LogP contribution is -2.49. The first-order valence-corrected chi connectivity index (χ1v) is 12.4. The average Bonchev–Trinajstić information content (AvgIpc) is 3.18.